The van der Waals surface area contributed by atoms with Crippen molar-refractivity contribution >= 4 is 17.3 Å². The smallest absolute Gasteiger partial charge is 0.367 e. The Morgan fingerprint density at radius 1 is 1.62 bits per heavy atom. The molecule has 2 heterocycles. The number of aromatic nitrogens is 2. The molecule has 0 bridgehead atoms. The number of rotatable bonds is 3. The summed E-state index contributed by atoms with van der Waals surface area (Å²) < 4.78 is 0. The fourth-order valence-electron chi connectivity index (χ4n) is 1.16. The van der Waals surface area contributed by atoms with Gasteiger partial charge in [-0.15, -0.1) is 10.2 Å². The lowest BCUT2D eigenvalue weighted by Crippen LogP contribution is -2.43. The molecule has 0 aromatic carbocycles. The summed E-state index contributed by atoms with van der Waals surface area (Å²) in [5.74, 6) is -0.384. The SMILES string of the molecule is O=C(O)c1nnc(CC2CNC2)s1. The number of carboxylic acids is 1. The molecule has 0 amide bonds. The average molecular weight is 199 g/mol. The largest absolute Gasteiger partial charge is 0.476 e. The van der Waals surface area contributed by atoms with Crippen LogP contribution in [-0.4, -0.2) is 34.4 Å². The number of aromatic carboxylic acids is 1. The van der Waals surface area contributed by atoms with Crippen molar-refractivity contribution in [1.29, 1.82) is 0 Å². The second-order valence-electron chi connectivity index (χ2n) is 3.03. The van der Waals surface area contributed by atoms with Crippen LogP contribution in [0.2, 0.25) is 0 Å². The lowest BCUT2D eigenvalue weighted by atomic mass is 10.0. The summed E-state index contributed by atoms with van der Waals surface area (Å²) in [6.07, 6.45) is 0.845. The van der Waals surface area contributed by atoms with E-state index in [1.54, 1.807) is 0 Å². The van der Waals surface area contributed by atoms with Crippen molar-refractivity contribution in [3.63, 3.8) is 0 Å². The van der Waals surface area contributed by atoms with Crippen LogP contribution in [0, 0.1) is 5.92 Å². The van der Waals surface area contributed by atoms with Crippen molar-refractivity contribution in [2.75, 3.05) is 13.1 Å². The Labute approximate surface area is 78.8 Å². The van der Waals surface area contributed by atoms with Crippen LogP contribution in [0.15, 0.2) is 0 Å². The third kappa shape index (κ3) is 1.84. The van der Waals surface area contributed by atoms with Gasteiger partial charge in [-0.05, 0) is 19.0 Å². The number of nitrogens with one attached hydrogen (secondary N) is 1. The Morgan fingerprint density at radius 3 is 2.85 bits per heavy atom. The zero-order valence-corrected chi connectivity index (χ0v) is 7.67. The quantitative estimate of drug-likeness (QED) is 0.716. The van der Waals surface area contributed by atoms with Crippen LogP contribution in [0.4, 0.5) is 0 Å². The first-order valence-corrected chi connectivity index (χ1v) is 4.84. The third-order valence-corrected chi connectivity index (χ3v) is 2.91. The summed E-state index contributed by atoms with van der Waals surface area (Å²) in [6, 6.07) is 0. The van der Waals surface area contributed by atoms with E-state index >= 15 is 0 Å². The Hall–Kier alpha value is -1.01. The molecule has 1 aromatic heterocycles. The van der Waals surface area contributed by atoms with Crippen molar-refractivity contribution in [3.8, 4) is 0 Å². The van der Waals surface area contributed by atoms with Gasteiger partial charge in [0.2, 0.25) is 5.01 Å². The van der Waals surface area contributed by atoms with Gasteiger partial charge in [0.25, 0.3) is 0 Å². The molecule has 0 unspecified atom stereocenters. The highest BCUT2D eigenvalue weighted by molar-refractivity contribution is 7.13. The molecule has 0 aliphatic carbocycles. The lowest BCUT2D eigenvalue weighted by molar-refractivity contribution is 0.0695. The van der Waals surface area contributed by atoms with Crippen molar-refractivity contribution in [2.45, 2.75) is 6.42 Å². The standard InChI is InChI=1S/C7H9N3O2S/c11-7(12)6-10-9-5(13-6)1-4-2-8-3-4/h4,8H,1-3H2,(H,11,12). The summed E-state index contributed by atoms with van der Waals surface area (Å²) in [7, 11) is 0. The molecule has 0 radical (unpaired) electrons. The van der Waals surface area contributed by atoms with E-state index in [-0.39, 0.29) is 5.01 Å². The number of nitrogens with zero attached hydrogens (tertiary/aromatic N) is 2. The topological polar surface area (TPSA) is 75.1 Å². The van der Waals surface area contributed by atoms with E-state index in [2.05, 4.69) is 15.5 Å². The van der Waals surface area contributed by atoms with Crippen molar-refractivity contribution < 1.29 is 9.90 Å². The Morgan fingerprint density at radius 2 is 2.38 bits per heavy atom. The summed E-state index contributed by atoms with van der Waals surface area (Å²) in [5.41, 5.74) is 0. The molecule has 6 heteroatoms. The molecule has 13 heavy (non-hydrogen) atoms. The predicted octanol–water partition coefficient (Wildman–Crippen LogP) is -0.00180. The van der Waals surface area contributed by atoms with Crippen LogP contribution in [0.25, 0.3) is 0 Å². The van der Waals surface area contributed by atoms with Gasteiger partial charge in [0.05, 0.1) is 0 Å². The molecule has 1 fully saturated rings. The van der Waals surface area contributed by atoms with E-state index in [4.69, 9.17) is 5.11 Å². The van der Waals surface area contributed by atoms with Gasteiger partial charge >= 0.3 is 5.97 Å². The van der Waals surface area contributed by atoms with Gasteiger partial charge in [-0.25, -0.2) is 4.79 Å². The molecule has 2 rings (SSSR count). The molecule has 1 aliphatic heterocycles. The minimum atomic E-state index is -0.990. The minimum Gasteiger partial charge on any atom is -0.476 e. The first-order valence-electron chi connectivity index (χ1n) is 4.02. The fourth-order valence-corrected chi connectivity index (χ4v) is 1.96. The van der Waals surface area contributed by atoms with E-state index in [9.17, 15) is 4.79 Å². The van der Waals surface area contributed by atoms with Crippen molar-refractivity contribution in [1.82, 2.24) is 15.5 Å². The average Bonchev–Trinajstić information content (AvgIpc) is 2.44. The van der Waals surface area contributed by atoms with Gasteiger partial charge in [0.15, 0.2) is 0 Å². The first kappa shape index (κ1) is 8.58. The van der Waals surface area contributed by atoms with Crippen LogP contribution >= 0.6 is 11.3 Å². The van der Waals surface area contributed by atoms with E-state index < -0.39 is 5.97 Å². The summed E-state index contributed by atoms with van der Waals surface area (Å²) >= 11 is 1.17. The van der Waals surface area contributed by atoms with E-state index in [1.165, 1.54) is 11.3 Å². The summed E-state index contributed by atoms with van der Waals surface area (Å²) in [6.45, 7) is 2.00. The van der Waals surface area contributed by atoms with Gasteiger partial charge in [-0.2, -0.15) is 0 Å². The van der Waals surface area contributed by atoms with Crippen LogP contribution in [0.3, 0.4) is 0 Å². The molecule has 1 aliphatic rings. The van der Waals surface area contributed by atoms with E-state index in [0.29, 0.717) is 5.92 Å². The lowest BCUT2D eigenvalue weighted by Gasteiger charge is -2.25. The maximum Gasteiger partial charge on any atom is 0.367 e. The zero-order chi connectivity index (χ0) is 9.26. The molecule has 0 spiro atoms. The van der Waals surface area contributed by atoms with Crippen molar-refractivity contribution in [3.05, 3.63) is 10.0 Å². The number of carboxylic acid groups (broad SMARTS) is 1. The highest BCUT2D eigenvalue weighted by Crippen LogP contribution is 2.16. The molecule has 5 nitrogen and oxygen atoms in total. The maximum atomic E-state index is 10.5. The van der Waals surface area contributed by atoms with Gasteiger partial charge in [-0.1, -0.05) is 11.3 Å². The monoisotopic (exact) mass is 199 g/mol. The Balaban J connectivity index is 2.00. The second kappa shape index (κ2) is 3.39. The Kier molecular flexibility index (Phi) is 2.24. The zero-order valence-electron chi connectivity index (χ0n) is 6.86. The van der Waals surface area contributed by atoms with Crippen LogP contribution in [-0.2, 0) is 6.42 Å². The molecule has 1 aromatic rings. The van der Waals surface area contributed by atoms with Gasteiger partial charge in [0.1, 0.15) is 5.01 Å². The molecule has 2 N–H and O–H groups in total. The van der Waals surface area contributed by atoms with E-state index in [0.717, 1.165) is 24.5 Å². The van der Waals surface area contributed by atoms with Crippen LogP contribution in [0.5, 0.6) is 0 Å². The highest BCUT2D eigenvalue weighted by atomic mass is 32.1. The molecule has 0 saturated carbocycles. The Bertz CT molecular complexity index is 321. The number of hydrogen-bond donors (Lipinski definition) is 2. The molecule has 0 atom stereocenters. The highest BCUT2D eigenvalue weighted by Gasteiger charge is 2.20. The first-order chi connectivity index (χ1) is 6.25. The van der Waals surface area contributed by atoms with Gasteiger partial charge in [-0.3, -0.25) is 0 Å². The molecule has 70 valence electrons. The fraction of sp³-hybridized carbons (Fsp3) is 0.571. The normalized spacial score (nSPS) is 16.9. The van der Waals surface area contributed by atoms with E-state index in [1.807, 2.05) is 0 Å². The molecular weight excluding hydrogens is 190 g/mol. The second-order valence-corrected chi connectivity index (χ2v) is 4.10. The summed E-state index contributed by atoms with van der Waals surface area (Å²) in [4.78, 5) is 10.5. The minimum absolute atomic E-state index is 0.0854. The predicted molar refractivity (Wildman–Crippen MR) is 46.9 cm³/mol. The third-order valence-electron chi connectivity index (χ3n) is 1.98. The number of carbonyl (C=O) groups is 1. The molecular formula is C7H9N3O2S. The van der Waals surface area contributed by atoms with Crippen LogP contribution in [0.1, 0.15) is 14.8 Å². The number of hydrogen-bond acceptors (Lipinski definition) is 5. The van der Waals surface area contributed by atoms with Gasteiger partial charge < -0.3 is 10.4 Å². The van der Waals surface area contributed by atoms with Gasteiger partial charge in [0, 0.05) is 6.42 Å². The summed E-state index contributed by atoms with van der Waals surface area (Å²) in [5, 5.41) is 20.1. The molecule has 1 saturated heterocycles. The maximum absolute atomic E-state index is 10.5. The van der Waals surface area contributed by atoms with Crippen LogP contribution < -0.4 is 5.32 Å². The van der Waals surface area contributed by atoms with Crippen molar-refractivity contribution in [2.24, 2.45) is 5.92 Å².